The molecule has 0 saturated heterocycles. The Balaban J connectivity index is 2.07. The monoisotopic (exact) mass is 238 g/mol. The summed E-state index contributed by atoms with van der Waals surface area (Å²) in [6.07, 6.45) is 2.40. The van der Waals surface area contributed by atoms with Gasteiger partial charge in [-0.3, -0.25) is 0 Å². The summed E-state index contributed by atoms with van der Waals surface area (Å²) in [6.45, 7) is 5.00. The van der Waals surface area contributed by atoms with Crippen LogP contribution >= 0.6 is 0 Å². The van der Waals surface area contributed by atoms with Crippen LogP contribution in [0.5, 0.6) is 11.5 Å². The van der Waals surface area contributed by atoms with Gasteiger partial charge in [-0.2, -0.15) is 0 Å². The molecule has 1 aromatic rings. The molecule has 0 amide bonds. The summed E-state index contributed by atoms with van der Waals surface area (Å²) in [5, 5.41) is 0. The Morgan fingerprint density at radius 3 is 2.41 bits per heavy atom. The van der Waals surface area contributed by atoms with Crippen LogP contribution in [-0.2, 0) is 9.78 Å². The van der Waals surface area contributed by atoms with E-state index in [0.717, 1.165) is 17.9 Å². The Morgan fingerprint density at radius 2 is 1.76 bits per heavy atom. The number of rotatable bonds is 9. The van der Waals surface area contributed by atoms with Crippen molar-refractivity contribution in [3.8, 4) is 11.5 Å². The molecule has 0 aromatic heterocycles. The molecule has 0 spiro atoms. The third kappa shape index (κ3) is 5.94. The van der Waals surface area contributed by atoms with E-state index in [0.29, 0.717) is 19.8 Å². The van der Waals surface area contributed by atoms with E-state index < -0.39 is 0 Å². The lowest BCUT2D eigenvalue weighted by atomic mass is 10.3. The molecular weight excluding hydrogens is 220 g/mol. The van der Waals surface area contributed by atoms with Crippen LogP contribution < -0.4 is 9.47 Å². The van der Waals surface area contributed by atoms with E-state index in [-0.39, 0.29) is 0 Å². The van der Waals surface area contributed by atoms with Crippen LogP contribution in [0.2, 0.25) is 0 Å². The molecular formula is C13H18O4. The molecule has 94 valence electrons. The summed E-state index contributed by atoms with van der Waals surface area (Å²) < 4.78 is 10.6. The van der Waals surface area contributed by atoms with Crippen molar-refractivity contribution in [2.75, 3.05) is 26.9 Å². The smallest absolute Gasteiger partial charge is 0.119 e. The quantitative estimate of drug-likeness (QED) is 0.287. The first-order chi connectivity index (χ1) is 8.36. The number of hydrogen-bond donors (Lipinski definition) is 0. The van der Waals surface area contributed by atoms with Gasteiger partial charge in [0.05, 0.1) is 20.3 Å². The highest BCUT2D eigenvalue weighted by molar-refractivity contribution is 5.30. The minimum Gasteiger partial charge on any atom is -0.497 e. The molecule has 0 unspecified atom stereocenters. The van der Waals surface area contributed by atoms with E-state index in [2.05, 4.69) is 6.58 Å². The molecule has 0 fully saturated rings. The number of hydrogen-bond acceptors (Lipinski definition) is 4. The average molecular weight is 238 g/mol. The van der Waals surface area contributed by atoms with Gasteiger partial charge in [-0.15, -0.1) is 6.58 Å². The lowest BCUT2D eigenvalue weighted by Crippen LogP contribution is -2.03. The van der Waals surface area contributed by atoms with Crippen LogP contribution in [0.3, 0.4) is 0 Å². The second-order valence-corrected chi connectivity index (χ2v) is 3.27. The van der Waals surface area contributed by atoms with Crippen molar-refractivity contribution in [3.05, 3.63) is 36.9 Å². The van der Waals surface area contributed by atoms with Gasteiger partial charge in [0, 0.05) is 6.42 Å². The van der Waals surface area contributed by atoms with Crippen molar-refractivity contribution in [2.45, 2.75) is 6.42 Å². The van der Waals surface area contributed by atoms with Crippen LogP contribution in [0.25, 0.3) is 0 Å². The maximum Gasteiger partial charge on any atom is 0.119 e. The molecule has 1 aromatic carbocycles. The summed E-state index contributed by atoms with van der Waals surface area (Å²) in [5.74, 6) is 1.64. The molecule has 0 aliphatic carbocycles. The lowest BCUT2D eigenvalue weighted by molar-refractivity contribution is -0.287. The Hall–Kier alpha value is -1.52. The number of methoxy groups -OCH3 is 1. The summed E-state index contributed by atoms with van der Waals surface area (Å²) in [7, 11) is 1.64. The van der Waals surface area contributed by atoms with Gasteiger partial charge in [-0.25, -0.2) is 9.78 Å². The summed E-state index contributed by atoms with van der Waals surface area (Å²) in [5.41, 5.74) is 0. The van der Waals surface area contributed by atoms with Crippen LogP contribution in [0.1, 0.15) is 6.42 Å². The van der Waals surface area contributed by atoms with E-state index in [4.69, 9.17) is 19.2 Å². The predicted octanol–water partition coefficient (Wildman–Crippen LogP) is 2.60. The van der Waals surface area contributed by atoms with Crippen LogP contribution in [0, 0.1) is 0 Å². The van der Waals surface area contributed by atoms with E-state index in [1.807, 2.05) is 24.3 Å². The van der Waals surface area contributed by atoms with Crippen LogP contribution in [0.15, 0.2) is 36.9 Å². The first kappa shape index (κ1) is 13.5. The second kappa shape index (κ2) is 8.61. The maximum atomic E-state index is 5.50. The number of benzene rings is 1. The molecule has 4 heteroatoms. The fraction of sp³-hybridized carbons (Fsp3) is 0.385. The van der Waals surface area contributed by atoms with Gasteiger partial charge in [0.25, 0.3) is 0 Å². The maximum absolute atomic E-state index is 5.50. The third-order valence-electron chi connectivity index (χ3n) is 1.97. The Morgan fingerprint density at radius 1 is 1.06 bits per heavy atom. The van der Waals surface area contributed by atoms with E-state index in [9.17, 15) is 0 Å². The van der Waals surface area contributed by atoms with Gasteiger partial charge >= 0.3 is 0 Å². The second-order valence-electron chi connectivity index (χ2n) is 3.27. The average Bonchev–Trinajstić information content (AvgIpc) is 2.38. The highest BCUT2D eigenvalue weighted by atomic mass is 17.2. The summed E-state index contributed by atoms with van der Waals surface area (Å²) in [6, 6.07) is 7.46. The Labute approximate surface area is 102 Å². The van der Waals surface area contributed by atoms with Gasteiger partial charge in [-0.1, -0.05) is 6.08 Å². The highest BCUT2D eigenvalue weighted by Crippen LogP contribution is 2.16. The van der Waals surface area contributed by atoms with Crippen molar-refractivity contribution >= 4 is 0 Å². The van der Waals surface area contributed by atoms with E-state index in [1.165, 1.54) is 0 Å². The molecule has 0 heterocycles. The van der Waals surface area contributed by atoms with Gasteiger partial charge in [0.1, 0.15) is 18.1 Å². The third-order valence-corrected chi connectivity index (χ3v) is 1.97. The van der Waals surface area contributed by atoms with E-state index >= 15 is 0 Å². The van der Waals surface area contributed by atoms with Crippen LogP contribution in [-0.4, -0.2) is 26.9 Å². The molecule has 0 aliphatic rings. The van der Waals surface area contributed by atoms with Crippen molar-refractivity contribution in [1.29, 1.82) is 0 Å². The Kier molecular flexibility index (Phi) is 6.86. The largest absolute Gasteiger partial charge is 0.497 e. The molecule has 0 bridgehead atoms. The van der Waals surface area contributed by atoms with Crippen LogP contribution in [0.4, 0.5) is 0 Å². The standard InChI is InChI=1S/C13H18O4/c1-3-9-16-17-11-4-10-15-13-7-5-12(14-2)6-8-13/h3,5-8H,1,4,9-11H2,2H3. The SMILES string of the molecule is C=CCOOCCCOc1ccc(OC)cc1. The van der Waals surface area contributed by atoms with Crippen molar-refractivity contribution in [1.82, 2.24) is 0 Å². The first-order valence-corrected chi connectivity index (χ1v) is 5.49. The van der Waals surface area contributed by atoms with Gasteiger partial charge in [0.15, 0.2) is 0 Å². The topological polar surface area (TPSA) is 36.9 Å². The minimum absolute atomic E-state index is 0.402. The zero-order valence-electron chi connectivity index (χ0n) is 10.1. The van der Waals surface area contributed by atoms with Gasteiger partial charge < -0.3 is 9.47 Å². The fourth-order valence-corrected chi connectivity index (χ4v) is 1.13. The van der Waals surface area contributed by atoms with Crippen molar-refractivity contribution < 1.29 is 19.2 Å². The first-order valence-electron chi connectivity index (χ1n) is 5.49. The van der Waals surface area contributed by atoms with Crippen molar-refractivity contribution in [3.63, 3.8) is 0 Å². The van der Waals surface area contributed by atoms with E-state index in [1.54, 1.807) is 13.2 Å². The molecule has 0 aliphatic heterocycles. The zero-order chi connectivity index (χ0) is 12.3. The number of ether oxygens (including phenoxy) is 2. The van der Waals surface area contributed by atoms with Crippen molar-refractivity contribution in [2.24, 2.45) is 0 Å². The molecule has 1 rings (SSSR count). The molecule has 17 heavy (non-hydrogen) atoms. The molecule has 4 nitrogen and oxygen atoms in total. The fourth-order valence-electron chi connectivity index (χ4n) is 1.13. The molecule has 0 N–H and O–H groups in total. The zero-order valence-corrected chi connectivity index (χ0v) is 10.1. The lowest BCUT2D eigenvalue weighted by Gasteiger charge is -2.06. The Bertz CT molecular complexity index is 308. The summed E-state index contributed by atoms with van der Waals surface area (Å²) >= 11 is 0. The molecule has 0 atom stereocenters. The predicted molar refractivity (Wildman–Crippen MR) is 65.2 cm³/mol. The van der Waals surface area contributed by atoms with Gasteiger partial charge in [-0.05, 0) is 24.3 Å². The minimum atomic E-state index is 0.402. The molecule has 0 radical (unpaired) electrons. The normalized spacial score (nSPS) is 9.94. The molecule has 0 saturated carbocycles. The van der Waals surface area contributed by atoms with Gasteiger partial charge in [0.2, 0.25) is 0 Å². The summed E-state index contributed by atoms with van der Waals surface area (Å²) in [4.78, 5) is 9.65. The highest BCUT2D eigenvalue weighted by Gasteiger charge is 1.95.